The largest absolute Gasteiger partial charge is 0.254 e. The van der Waals surface area contributed by atoms with E-state index in [0.717, 1.165) is 5.92 Å². The second kappa shape index (κ2) is 2.27. The van der Waals surface area contributed by atoms with Gasteiger partial charge in [-0.15, -0.1) is 11.6 Å². The molecule has 0 unspecified atom stereocenters. The Balaban J connectivity index is 2.28. The molecule has 2 rings (SSSR count). The highest BCUT2D eigenvalue weighted by Gasteiger charge is 2.26. The summed E-state index contributed by atoms with van der Waals surface area (Å²) in [5, 5.41) is 4.08. The van der Waals surface area contributed by atoms with Gasteiger partial charge in [0.05, 0.1) is 0 Å². The molecule has 1 heterocycles. The first kappa shape index (κ1) is 6.23. The number of aromatic nitrogens is 2. The van der Waals surface area contributed by atoms with E-state index in [2.05, 4.69) is 11.2 Å². The van der Waals surface area contributed by atoms with Gasteiger partial charge >= 0.3 is 0 Å². The molecule has 2 nitrogen and oxygen atoms in total. The Kier molecular flexibility index (Phi) is 1.42. The molecule has 54 valence electrons. The van der Waals surface area contributed by atoms with Gasteiger partial charge in [0, 0.05) is 17.8 Å². The molecular weight excluding hydrogens is 148 g/mol. The van der Waals surface area contributed by atoms with Crippen molar-refractivity contribution < 1.29 is 0 Å². The van der Waals surface area contributed by atoms with E-state index in [4.69, 9.17) is 11.6 Å². The lowest BCUT2D eigenvalue weighted by atomic mass is 10.3. The van der Waals surface area contributed by atoms with Crippen LogP contribution < -0.4 is 0 Å². The lowest BCUT2D eigenvalue weighted by Crippen LogP contribution is -1.98. The first-order chi connectivity index (χ1) is 4.92. The molecule has 0 spiro atoms. The molecule has 1 aliphatic carbocycles. The van der Waals surface area contributed by atoms with Crippen molar-refractivity contribution >= 4 is 11.6 Å². The van der Waals surface area contributed by atoms with Crippen LogP contribution in [0.25, 0.3) is 0 Å². The minimum absolute atomic E-state index is 0.485. The number of nitrogens with zero attached hydrogens (tertiary/aromatic N) is 2. The van der Waals surface area contributed by atoms with E-state index in [0.29, 0.717) is 6.00 Å². The van der Waals surface area contributed by atoms with Crippen molar-refractivity contribution in [2.75, 3.05) is 0 Å². The molecule has 1 saturated carbocycles. The van der Waals surface area contributed by atoms with Gasteiger partial charge in [0.2, 0.25) is 0 Å². The summed E-state index contributed by atoms with van der Waals surface area (Å²) >= 11 is 5.65. The third-order valence-electron chi connectivity index (χ3n) is 1.86. The monoisotopic (exact) mass is 156 g/mol. The quantitative estimate of drug-likeness (QED) is 0.599. The van der Waals surface area contributed by atoms with Crippen LogP contribution in [-0.2, 0) is 6.00 Å². The van der Waals surface area contributed by atoms with Gasteiger partial charge in [0.1, 0.15) is 6.00 Å². The van der Waals surface area contributed by atoms with Crippen molar-refractivity contribution in [2.24, 2.45) is 0 Å². The van der Waals surface area contributed by atoms with Gasteiger partial charge in [-0.2, -0.15) is 5.10 Å². The van der Waals surface area contributed by atoms with Gasteiger partial charge in [-0.05, 0) is 18.9 Å². The van der Waals surface area contributed by atoms with Gasteiger partial charge in [-0.25, -0.2) is 0 Å². The molecule has 3 heteroatoms. The summed E-state index contributed by atoms with van der Waals surface area (Å²) in [6, 6.07) is 2.54. The van der Waals surface area contributed by atoms with Crippen LogP contribution in [0.5, 0.6) is 0 Å². The van der Waals surface area contributed by atoms with E-state index in [1.54, 1.807) is 0 Å². The van der Waals surface area contributed by atoms with Gasteiger partial charge in [-0.3, -0.25) is 4.68 Å². The fraction of sp³-hybridized carbons (Fsp3) is 0.571. The molecule has 0 atom stereocenters. The van der Waals surface area contributed by atoms with Crippen LogP contribution >= 0.6 is 11.6 Å². The summed E-state index contributed by atoms with van der Waals surface area (Å²) in [4.78, 5) is 0. The number of alkyl halides is 1. The lowest BCUT2D eigenvalue weighted by Gasteiger charge is -1.98. The Hall–Kier alpha value is -0.500. The Labute approximate surface area is 64.8 Å². The van der Waals surface area contributed by atoms with Crippen LogP contribution in [0.15, 0.2) is 12.3 Å². The number of hydrogen-bond acceptors (Lipinski definition) is 1. The molecular formula is C7H9ClN2. The van der Waals surface area contributed by atoms with Gasteiger partial charge in [0.15, 0.2) is 0 Å². The van der Waals surface area contributed by atoms with E-state index < -0.39 is 0 Å². The van der Waals surface area contributed by atoms with Gasteiger partial charge in [-0.1, -0.05) is 0 Å². The molecule has 1 aromatic heterocycles. The third kappa shape index (κ3) is 0.926. The van der Waals surface area contributed by atoms with E-state index in [9.17, 15) is 0 Å². The van der Waals surface area contributed by atoms with E-state index in [1.165, 1.54) is 18.5 Å². The fourth-order valence-corrected chi connectivity index (χ4v) is 1.37. The first-order valence-electron chi connectivity index (χ1n) is 3.49. The summed E-state index contributed by atoms with van der Waals surface area (Å²) in [6.45, 7) is 0. The van der Waals surface area contributed by atoms with Crippen LogP contribution in [0.2, 0.25) is 0 Å². The minimum atomic E-state index is 0.485. The van der Waals surface area contributed by atoms with Crippen LogP contribution in [0.4, 0.5) is 0 Å². The van der Waals surface area contributed by atoms with Crippen LogP contribution in [0.1, 0.15) is 24.5 Å². The predicted octanol–water partition coefficient (Wildman–Crippen LogP) is 1.96. The van der Waals surface area contributed by atoms with E-state index in [1.807, 2.05) is 10.9 Å². The minimum Gasteiger partial charge on any atom is -0.254 e. The van der Waals surface area contributed by atoms with Crippen LogP contribution in [-0.4, -0.2) is 9.78 Å². The molecule has 0 radical (unpaired) electrons. The smallest absolute Gasteiger partial charge is 0.115 e. The molecule has 1 aromatic rings. The molecule has 0 saturated heterocycles. The zero-order valence-electron chi connectivity index (χ0n) is 5.63. The van der Waals surface area contributed by atoms with Crippen LogP contribution in [0, 0.1) is 0 Å². The van der Waals surface area contributed by atoms with E-state index >= 15 is 0 Å². The number of rotatable bonds is 2. The number of hydrogen-bond donors (Lipinski definition) is 0. The average Bonchev–Trinajstić information content (AvgIpc) is 2.69. The van der Waals surface area contributed by atoms with Gasteiger partial charge < -0.3 is 0 Å². The Morgan fingerprint density at radius 2 is 2.50 bits per heavy atom. The first-order valence-corrected chi connectivity index (χ1v) is 4.03. The van der Waals surface area contributed by atoms with Crippen molar-refractivity contribution in [1.29, 1.82) is 0 Å². The Morgan fingerprint density at radius 3 is 3.10 bits per heavy atom. The molecule has 0 amide bonds. The van der Waals surface area contributed by atoms with Gasteiger partial charge in [0.25, 0.3) is 0 Å². The third-order valence-corrected chi connectivity index (χ3v) is 2.08. The lowest BCUT2D eigenvalue weighted by molar-refractivity contribution is 0.694. The molecule has 0 aliphatic heterocycles. The summed E-state index contributed by atoms with van der Waals surface area (Å²) in [5.74, 6) is 0.751. The highest BCUT2D eigenvalue weighted by Crippen LogP contribution is 2.39. The second-order valence-corrected chi connectivity index (χ2v) is 2.89. The molecule has 0 bridgehead atoms. The maximum absolute atomic E-state index is 5.65. The summed E-state index contributed by atoms with van der Waals surface area (Å²) in [7, 11) is 0. The normalized spacial score (nSPS) is 17.7. The van der Waals surface area contributed by atoms with Crippen molar-refractivity contribution in [3.8, 4) is 0 Å². The van der Waals surface area contributed by atoms with Crippen LogP contribution in [0.3, 0.4) is 0 Å². The zero-order chi connectivity index (χ0) is 6.97. The van der Waals surface area contributed by atoms with Crippen molar-refractivity contribution in [2.45, 2.75) is 24.8 Å². The molecule has 0 aromatic carbocycles. The summed E-state index contributed by atoms with van der Waals surface area (Å²) in [5.41, 5.74) is 1.30. The SMILES string of the molecule is ClCn1nccc1C1CC1. The van der Waals surface area contributed by atoms with Crippen molar-refractivity contribution in [3.05, 3.63) is 18.0 Å². The molecule has 1 fully saturated rings. The maximum Gasteiger partial charge on any atom is 0.115 e. The second-order valence-electron chi connectivity index (χ2n) is 2.65. The highest BCUT2D eigenvalue weighted by atomic mass is 35.5. The Morgan fingerprint density at radius 1 is 1.70 bits per heavy atom. The van der Waals surface area contributed by atoms with Crippen molar-refractivity contribution in [3.63, 3.8) is 0 Å². The predicted molar refractivity (Wildman–Crippen MR) is 40.1 cm³/mol. The Bertz CT molecular complexity index is 227. The average molecular weight is 157 g/mol. The fourth-order valence-electron chi connectivity index (χ4n) is 1.17. The zero-order valence-corrected chi connectivity index (χ0v) is 6.38. The molecule has 0 N–H and O–H groups in total. The highest BCUT2D eigenvalue weighted by molar-refractivity contribution is 6.15. The topological polar surface area (TPSA) is 17.8 Å². The van der Waals surface area contributed by atoms with E-state index in [-0.39, 0.29) is 0 Å². The number of halogens is 1. The standard InChI is InChI=1S/C7H9ClN2/c8-5-10-7(3-4-9-10)6-1-2-6/h3-4,6H,1-2,5H2. The maximum atomic E-state index is 5.65. The van der Waals surface area contributed by atoms with Crippen molar-refractivity contribution in [1.82, 2.24) is 9.78 Å². The summed E-state index contributed by atoms with van der Waals surface area (Å²) in [6.07, 6.45) is 4.43. The summed E-state index contributed by atoms with van der Waals surface area (Å²) < 4.78 is 1.86. The molecule has 10 heavy (non-hydrogen) atoms. The molecule has 1 aliphatic rings.